The average molecular weight is 416 g/mol. The molecule has 0 saturated heterocycles. The number of para-hydroxylation sites is 2. The van der Waals surface area contributed by atoms with Gasteiger partial charge in [-0.15, -0.1) is 11.8 Å². The summed E-state index contributed by atoms with van der Waals surface area (Å²) in [6.45, 7) is 6.18. The molecule has 0 unspecified atom stereocenters. The molecule has 3 rings (SSSR count). The van der Waals surface area contributed by atoms with Crippen LogP contribution in [0.3, 0.4) is 0 Å². The van der Waals surface area contributed by atoms with E-state index in [1.807, 2.05) is 51.1 Å². The fourth-order valence-corrected chi connectivity index (χ4v) is 3.97. The second-order valence-electron chi connectivity index (χ2n) is 7.74. The predicted molar refractivity (Wildman–Crippen MR) is 111 cm³/mol. The molecule has 0 atom stereocenters. The number of thioether (sulfide) groups is 1. The van der Waals surface area contributed by atoms with Gasteiger partial charge >= 0.3 is 5.69 Å². The molecular formula is C21H22F2N4OS. The highest BCUT2D eigenvalue weighted by atomic mass is 32.2. The van der Waals surface area contributed by atoms with Crippen LogP contribution in [0.15, 0.2) is 40.2 Å². The first-order valence-corrected chi connectivity index (χ1v) is 10.2. The lowest BCUT2D eigenvalue weighted by molar-refractivity contribution is 0.150. The zero-order valence-corrected chi connectivity index (χ0v) is 17.3. The Morgan fingerprint density at radius 3 is 2.69 bits per heavy atom. The molecule has 29 heavy (non-hydrogen) atoms. The molecule has 0 amide bonds. The molecule has 0 aliphatic heterocycles. The van der Waals surface area contributed by atoms with Gasteiger partial charge in [0.2, 0.25) is 0 Å². The fourth-order valence-electron chi connectivity index (χ4n) is 3.03. The molecule has 0 radical (unpaired) electrons. The number of H-pyrrole nitrogens is 1. The van der Waals surface area contributed by atoms with Crippen LogP contribution in [0.2, 0.25) is 0 Å². The number of halogens is 2. The van der Waals surface area contributed by atoms with Crippen LogP contribution in [0.4, 0.5) is 8.78 Å². The van der Waals surface area contributed by atoms with E-state index in [-0.39, 0.29) is 16.8 Å². The van der Waals surface area contributed by atoms with E-state index in [0.29, 0.717) is 29.4 Å². The molecule has 0 aliphatic carbocycles. The Kier molecular flexibility index (Phi) is 6.08. The van der Waals surface area contributed by atoms with Crippen LogP contribution < -0.4 is 5.69 Å². The van der Waals surface area contributed by atoms with Gasteiger partial charge in [-0.05, 0) is 24.6 Å². The molecule has 2 aromatic heterocycles. The molecule has 1 N–H and O–H groups in total. The van der Waals surface area contributed by atoms with Crippen molar-refractivity contribution in [2.75, 3.05) is 5.75 Å². The van der Waals surface area contributed by atoms with Crippen LogP contribution in [0, 0.1) is 11.3 Å². The maximum atomic E-state index is 13.5. The summed E-state index contributed by atoms with van der Waals surface area (Å²) in [6, 6.07) is 10.7. The first-order valence-electron chi connectivity index (χ1n) is 9.26. The Morgan fingerprint density at radius 1 is 1.31 bits per heavy atom. The monoisotopic (exact) mass is 416 g/mol. The van der Waals surface area contributed by atoms with E-state index in [4.69, 9.17) is 0 Å². The highest BCUT2D eigenvalue weighted by Gasteiger charge is 2.24. The molecule has 0 fully saturated rings. The maximum Gasteiger partial charge on any atom is 0.326 e. The number of hydrogen-bond acceptors (Lipinski definition) is 4. The second-order valence-corrected chi connectivity index (χ2v) is 8.82. The molecule has 3 aromatic rings. The molecule has 0 spiro atoms. The lowest BCUT2D eigenvalue weighted by Gasteiger charge is -2.20. The van der Waals surface area contributed by atoms with Crippen molar-refractivity contribution in [1.29, 1.82) is 5.26 Å². The van der Waals surface area contributed by atoms with Crippen molar-refractivity contribution in [3.8, 4) is 6.07 Å². The Bertz CT molecular complexity index is 1120. The van der Waals surface area contributed by atoms with Gasteiger partial charge in [0.05, 0.1) is 16.6 Å². The standard InChI is InChI=1S/C21H22F2N4OS/c1-21(2,3)17-11-13(18(22)23)14(12-24)19(26-17)29-10-6-9-27-16-8-5-4-7-15(16)25-20(27)28/h4-5,7-8,11,18H,6,9-10H2,1-3H3,(H,25,28). The van der Waals surface area contributed by atoms with Crippen molar-refractivity contribution in [2.45, 2.75) is 50.6 Å². The van der Waals surface area contributed by atoms with Crippen LogP contribution in [0.25, 0.3) is 11.0 Å². The number of nitrogens with one attached hydrogen (secondary N) is 1. The number of hydrogen-bond donors (Lipinski definition) is 1. The number of aryl methyl sites for hydroxylation is 1. The van der Waals surface area contributed by atoms with Crippen molar-refractivity contribution in [1.82, 2.24) is 14.5 Å². The normalized spacial score (nSPS) is 11.9. The van der Waals surface area contributed by atoms with E-state index in [9.17, 15) is 18.8 Å². The Hall–Kier alpha value is -2.66. The van der Waals surface area contributed by atoms with Gasteiger partial charge < -0.3 is 4.98 Å². The minimum Gasteiger partial charge on any atom is -0.306 e. The smallest absolute Gasteiger partial charge is 0.306 e. The minimum atomic E-state index is -2.74. The van der Waals surface area contributed by atoms with E-state index in [1.54, 1.807) is 4.57 Å². The summed E-state index contributed by atoms with van der Waals surface area (Å²) in [5, 5.41) is 9.74. The predicted octanol–water partition coefficient (Wildman–Crippen LogP) is 5.01. The van der Waals surface area contributed by atoms with Crippen LogP contribution in [0.5, 0.6) is 0 Å². The summed E-state index contributed by atoms with van der Waals surface area (Å²) in [7, 11) is 0. The number of aromatic nitrogens is 3. The highest BCUT2D eigenvalue weighted by molar-refractivity contribution is 7.99. The number of aromatic amines is 1. The quantitative estimate of drug-likeness (QED) is 0.453. The first-order chi connectivity index (χ1) is 13.7. The summed E-state index contributed by atoms with van der Waals surface area (Å²) in [5.41, 5.74) is 1.20. The number of nitriles is 1. The molecule has 1 aromatic carbocycles. The van der Waals surface area contributed by atoms with Gasteiger partial charge in [0.15, 0.2) is 0 Å². The summed E-state index contributed by atoms with van der Waals surface area (Å²) in [4.78, 5) is 19.4. The van der Waals surface area contributed by atoms with E-state index in [2.05, 4.69) is 9.97 Å². The van der Waals surface area contributed by atoms with Gasteiger partial charge in [0.25, 0.3) is 6.43 Å². The van der Waals surface area contributed by atoms with Crippen molar-refractivity contribution >= 4 is 22.8 Å². The van der Waals surface area contributed by atoms with Crippen molar-refractivity contribution in [3.63, 3.8) is 0 Å². The van der Waals surface area contributed by atoms with Crippen molar-refractivity contribution in [2.24, 2.45) is 0 Å². The van der Waals surface area contributed by atoms with Gasteiger partial charge in [0, 0.05) is 29.0 Å². The number of rotatable bonds is 6. The van der Waals surface area contributed by atoms with Crippen LogP contribution in [-0.4, -0.2) is 20.3 Å². The summed E-state index contributed by atoms with van der Waals surface area (Å²) in [6.07, 6.45) is -2.11. The molecule has 0 bridgehead atoms. The fraction of sp³-hybridized carbons (Fsp3) is 0.381. The topological polar surface area (TPSA) is 74.5 Å². The third-order valence-corrected chi connectivity index (χ3v) is 5.64. The van der Waals surface area contributed by atoms with E-state index >= 15 is 0 Å². The summed E-state index contributed by atoms with van der Waals surface area (Å²) >= 11 is 1.27. The van der Waals surface area contributed by atoms with Gasteiger partial charge in [-0.25, -0.2) is 18.6 Å². The number of nitrogens with zero attached hydrogens (tertiary/aromatic N) is 3. The van der Waals surface area contributed by atoms with Gasteiger partial charge in [-0.2, -0.15) is 5.26 Å². The molecular weight excluding hydrogens is 394 g/mol. The molecule has 8 heteroatoms. The third-order valence-electron chi connectivity index (χ3n) is 4.58. The second kappa shape index (κ2) is 8.37. The van der Waals surface area contributed by atoms with Gasteiger partial charge in [-0.3, -0.25) is 4.57 Å². The number of benzene rings is 1. The lowest BCUT2D eigenvalue weighted by atomic mass is 9.90. The number of imidazole rings is 1. The molecule has 2 heterocycles. The molecule has 5 nitrogen and oxygen atoms in total. The summed E-state index contributed by atoms with van der Waals surface area (Å²) in [5.74, 6) is 0.546. The van der Waals surface area contributed by atoms with Crippen LogP contribution in [0.1, 0.15) is 50.4 Å². The van der Waals surface area contributed by atoms with E-state index < -0.39 is 11.8 Å². The Balaban J connectivity index is 1.79. The summed E-state index contributed by atoms with van der Waals surface area (Å²) < 4.78 is 28.7. The Labute approximate surface area is 171 Å². The van der Waals surface area contributed by atoms with Crippen LogP contribution >= 0.6 is 11.8 Å². The number of fused-ring (bicyclic) bond motifs is 1. The largest absolute Gasteiger partial charge is 0.326 e. The van der Waals surface area contributed by atoms with Crippen LogP contribution in [-0.2, 0) is 12.0 Å². The zero-order valence-electron chi connectivity index (χ0n) is 16.5. The maximum absolute atomic E-state index is 13.5. The van der Waals surface area contributed by atoms with Gasteiger partial charge in [-0.1, -0.05) is 32.9 Å². The molecule has 0 saturated carbocycles. The Morgan fingerprint density at radius 2 is 2.03 bits per heavy atom. The number of alkyl halides is 2. The van der Waals surface area contributed by atoms with Gasteiger partial charge in [0.1, 0.15) is 11.1 Å². The minimum absolute atomic E-state index is 0.0674. The number of pyridine rings is 1. The third kappa shape index (κ3) is 4.51. The van der Waals surface area contributed by atoms with E-state index in [1.165, 1.54) is 17.8 Å². The molecule has 152 valence electrons. The SMILES string of the molecule is CC(C)(C)c1cc(C(F)F)c(C#N)c(SCCCn2c(=O)[nH]c3ccccc32)n1. The highest BCUT2D eigenvalue weighted by Crippen LogP contribution is 2.34. The average Bonchev–Trinajstić information content (AvgIpc) is 2.98. The lowest BCUT2D eigenvalue weighted by Crippen LogP contribution is -2.17. The van der Waals surface area contributed by atoms with Crippen molar-refractivity contribution in [3.05, 3.63) is 57.6 Å². The zero-order chi connectivity index (χ0) is 21.2. The van der Waals surface area contributed by atoms with E-state index in [0.717, 1.165) is 11.0 Å². The first kappa shape index (κ1) is 21.1. The molecule has 0 aliphatic rings. The van der Waals surface area contributed by atoms with Crippen molar-refractivity contribution < 1.29 is 8.78 Å².